The third kappa shape index (κ3) is 2.91. The highest BCUT2D eigenvalue weighted by Crippen LogP contribution is 2.25. The van der Waals surface area contributed by atoms with Crippen molar-refractivity contribution in [1.82, 2.24) is 29.7 Å². The van der Waals surface area contributed by atoms with E-state index in [0.717, 1.165) is 16.6 Å². The molecule has 0 spiro atoms. The lowest BCUT2D eigenvalue weighted by atomic mass is 10.1. The Balaban J connectivity index is 1.49. The van der Waals surface area contributed by atoms with E-state index in [4.69, 9.17) is 4.74 Å². The molecule has 0 aliphatic carbocycles. The Hall–Kier alpha value is -3.59. The molecule has 1 aliphatic rings. The van der Waals surface area contributed by atoms with Crippen LogP contribution in [-0.4, -0.2) is 49.0 Å². The number of aromatic amines is 1. The van der Waals surface area contributed by atoms with Crippen LogP contribution in [0, 0.1) is 0 Å². The number of H-pyrrole nitrogens is 1. The van der Waals surface area contributed by atoms with Crippen molar-refractivity contribution in [2.45, 2.75) is 12.1 Å². The lowest BCUT2D eigenvalue weighted by Crippen LogP contribution is -2.37. The van der Waals surface area contributed by atoms with E-state index in [1.165, 1.54) is 17.1 Å². The average molecular weight is 375 g/mol. The fraction of sp³-hybridized carbons (Fsp3) is 0.211. The number of aromatic nitrogens is 6. The predicted molar refractivity (Wildman–Crippen MR) is 103 cm³/mol. The summed E-state index contributed by atoms with van der Waals surface area (Å²) in [6.07, 6.45) is 6.72. The first kappa shape index (κ1) is 16.6. The predicted octanol–water partition coefficient (Wildman–Crippen LogP) is 1.63. The Bertz CT molecular complexity index is 1170. The number of hydrogen-bond donors (Lipinski definition) is 2. The Morgan fingerprint density at radius 2 is 2.00 bits per heavy atom. The van der Waals surface area contributed by atoms with Gasteiger partial charge in [-0.15, -0.1) is 0 Å². The zero-order valence-electron chi connectivity index (χ0n) is 14.8. The van der Waals surface area contributed by atoms with Gasteiger partial charge in [0, 0.05) is 30.2 Å². The van der Waals surface area contributed by atoms with Gasteiger partial charge in [0.15, 0.2) is 0 Å². The Morgan fingerprint density at radius 3 is 2.89 bits per heavy atom. The average Bonchev–Trinajstić information content (AvgIpc) is 3.39. The van der Waals surface area contributed by atoms with Crippen LogP contribution >= 0.6 is 0 Å². The first-order chi connectivity index (χ1) is 13.8. The van der Waals surface area contributed by atoms with Crippen molar-refractivity contribution in [3.8, 4) is 11.3 Å². The van der Waals surface area contributed by atoms with Gasteiger partial charge in [0.1, 0.15) is 23.8 Å². The summed E-state index contributed by atoms with van der Waals surface area (Å²) in [5.41, 5.74) is 2.19. The van der Waals surface area contributed by atoms with Crippen molar-refractivity contribution in [2.75, 3.05) is 18.5 Å². The van der Waals surface area contributed by atoms with E-state index in [1.807, 2.05) is 24.4 Å². The molecule has 0 radical (unpaired) electrons. The minimum Gasteiger partial charge on any atom is -0.377 e. The summed E-state index contributed by atoms with van der Waals surface area (Å²) in [5, 5.41) is 8.87. The lowest BCUT2D eigenvalue weighted by Gasteiger charge is -2.21. The standard InChI is InChI=1S/C19H17N7O2/c27-17-2-1-14(12-3-6-20-7-4-12)25-26(17)16-10-28-9-15(16)24-19-13-5-8-21-18(13)22-11-23-19/h1-8,11,15-16H,9-10H2,(H2,21,22,23,24). The van der Waals surface area contributed by atoms with Gasteiger partial charge < -0.3 is 15.0 Å². The van der Waals surface area contributed by atoms with E-state index < -0.39 is 0 Å². The summed E-state index contributed by atoms with van der Waals surface area (Å²) < 4.78 is 7.16. The van der Waals surface area contributed by atoms with E-state index in [0.29, 0.717) is 24.7 Å². The van der Waals surface area contributed by atoms with Crippen molar-refractivity contribution in [1.29, 1.82) is 0 Å². The van der Waals surface area contributed by atoms with Crippen LogP contribution in [0.2, 0.25) is 0 Å². The molecule has 9 nitrogen and oxygen atoms in total. The Kier molecular flexibility index (Phi) is 4.06. The molecule has 5 heterocycles. The minimum absolute atomic E-state index is 0.147. The number of nitrogens with one attached hydrogen (secondary N) is 2. The Morgan fingerprint density at radius 1 is 1.11 bits per heavy atom. The van der Waals surface area contributed by atoms with Gasteiger partial charge in [-0.3, -0.25) is 9.78 Å². The van der Waals surface area contributed by atoms with E-state index in [9.17, 15) is 4.79 Å². The molecule has 2 unspecified atom stereocenters. The second-order valence-corrected chi connectivity index (χ2v) is 6.56. The highest BCUT2D eigenvalue weighted by atomic mass is 16.5. The molecule has 9 heteroatoms. The molecule has 0 amide bonds. The first-order valence-corrected chi connectivity index (χ1v) is 8.92. The molecule has 4 aromatic rings. The first-order valence-electron chi connectivity index (χ1n) is 8.92. The van der Waals surface area contributed by atoms with Gasteiger partial charge >= 0.3 is 0 Å². The van der Waals surface area contributed by atoms with Gasteiger partial charge in [0.25, 0.3) is 5.56 Å². The smallest absolute Gasteiger partial charge is 0.267 e. The third-order valence-corrected chi connectivity index (χ3v) is 4.84. The molecule has 0 aromatic carbocycles. The van der Waals surface area contributed by atoms with Crippen molar-refractivity contribution < 1.29 is 4.74 Å². The van der Waals surface area contributed by atoms with Crippen LogP contribution in [0.15, 0.2) is 60.0 Å². The number of fused-ring (bicyclic) bond motifs is 1. The fourth-order valence-electron chi connectivity index (χ4n) is 3.42. The number of ether oxygens (including phenoxy) is 1. The molecule has 0 bridgehead atoms. The molecule has 28 heavy (non-hydrogen) atoms. The van der Waals surface area contributed by atoms with Crippen molar-refractivity contribution in [3.05, 3.63) is 65.6 Å². The zero-order valence-corrected chi connectivity index (χ0v) is 14.8. The molecule has 0 saturated carbocycles. The van der Waals surface area contributed by atoms with Crippen LogP contribution in [0.25, 0.3) is 22.3 Å². The van der Waals surface area contributed by atoms with Crippen LogP contribution < -0.4 is 10.9 Å². The summed E-state index contributed by atoms with van der Waals surface area (Å²) in [5.74, 6) is 0.699. The van der Waals surface area contributed by atoms with Crippen molar-refractivity contribution in [3.63, 3.8) is 0 Å². The van der Waals surface area contributed by atoms with Crippen LogP contribution in [-0.2, 0) is 4.74 Å². The molecule has 2 atom stereocenters. The van der Waals surface area contributed by atoms with Gasteiger partial charge in [-0.05, 0) is 24.3 Å². The summed E-state index contributed by atoms with van der Waals surface area (Å²) in [6, 6.07) is 8.50. The SMILES string of the molecule is O=c1ccc(-c2ccncc2)nn1C1COCC1Nc1ncnc2[nH]ccc12. The fourth-order valence-corrected chi connectivity index (χ4v) is 3.42. The van der Waals surface area contributed by atoms with Crippen LogP contribution in [0.4, 0.5) is 5.82 Å². The maximum absolute atomic E-state index is 12.5. The molecule has 140 valence electrons. The molecule has 1 fully saturated rings. The van der Waals surface area contributed by atoms with Crippen LogP contribution in [0.3, 0.4) is 0 Å². The topological polar surface area (TPSA) is 111 Å². The quantitative estimate of drug-likeness (QED) is 0.558. The molecule has 1 aliphatic heterocycles. The molecule has 2 N–H and O–H groups in total. The van der Waals surface area contributed by atoms with Crippen LogP contribution in [0.1, 0.15) is 6.04 Å². The zero-order chi connectivity index (χ0) is 18.9. The summed E-state index contributed by atoms with van der Waals surface area (Å²) in [7, 11) is 0. The van der Waals surface area contributed by atoms with Gasteiger partial charge in [0.05, 0.1) is 30.3 Å². The highest BCUT2D eigenvalue weighted by molar-refractivity contribution is 5.86. The van der Waals surface area contributed by atoms with Gasteiger partial charge in [-0.2, -0.15) is 5.10 Å². The summed E-state index contributed by atoms with van der Waals surface area (Å²) in [6.45, 7) is 0.847. The highest BCUT2D eigenvalue weighted by Gasteiger charge is 2.32. The van der Waals surface area contributed by atoms with Crippen molar-refractivity contribution in [2.24, 2.45) is 0 Å². The molecular weight excluding hydrogens is 358 g/mol. The normalized spacial score (nSPS) is 19.1. The number of rotatable bonds is 4. The second kappa shape index (κ2) is 6.86. The maximum Gasteiger partial charge on any atom is 0.267 e. The van der Waals surface area contributed by atoms with Crippen LogP contribution in [0.5, 0.6) is 0 Å². The van der Waals surface area contributed by atoms with Gasteiger partial charge in [-0.1, -0.05) is 0 Å². The maximum atomic E-state index is 12.5. The molecule has 4 aromatic heterocycles. The van der Waals surface area contributed by atoms with Gasteiger partial charge in [0.2, 0.25) is 0 Å². The number of anilines is 1. The number of hydrogen-bond acceptors (Lipinski definition) is 7. The van der Waals surface area contributed by atoms with E-state index in [-0.39, 0.29) is 17.6 Å². The third-order valence-electron chi connectivity index (χ3n) is 4.84. The van der Waals surface area contributed by atoms with E-state index in [2.05, 4.69) is 30.4 Å². The molecular formula is C19H17N7O2. The van der Waals surface area contributed by atoms with E-state index >= 15 is 0 Å². The number of nitrogens with zero attached hydrogens (tertiary/aromatic N) is 5. The molecule has 1 saturated heterocycles. The second-order valence-electron chi connectivity index (χ2n) is 6.56. The molecule has 5 rings (SSSR count). The Labute approximate surface area is 159 Å². The largest absolute Gasteiger partial charge is 0.377 e. The lowest BCUT2D eigenvalue weighted by molar-refractivity contribution is 0.183. The number of pyridine rings is 1. The monoisotopic (exact) mass is 375 g/mol. The van der Waals surface area contributed by atoms with E-state index in [1.54, 1.807) is 18.5 Å². The van der Waals surface area contributed by atoms with Crippen molar-refractivity contribution >= 4 is 16.9 Å². The summed E-state index contributed by atoms with van der Waals surface area (Å²) in [4.78, 5) is 28.2. The van der Waals surface area contributed by atoms with Gasteiger partial charge in [-0.25, -0.2) is 14.6 Å². The summed E-state index contributed by atoms with van der Waals surface area (Å²) >= 11 is 0. The minimum atomic E-state index is -0.252.